The molecule has 0 amide bonds. The molecule has 0 unspecified atom stereocenters. The molecule has 0 atom stereocenters. The van der Waals surface area contributed by atoms with E-state index in [0.29, 0.717) is 11.5 Å². The van der Waals surface area contributed by atoms with E-state index in [4.69, 9.17) is 18.9 Å². The van der Waals surface area contributed by atoms with Crippen molar-refractivity contribution in [1.29, 1.82) is 0 Å². The molecule has 0 radical (unpaired) electrons. The Balaban J connectivity index is 0.000000231. The first-order chi connectivity index (χ1) is 20.5. The Morgan fingerprint density at radius 2 is 0.690 bits per heavy atom. The molecule has 0 N–H and O–H groups in total. The Labute approximate surface area is 243 Å². The Kier molecular flexibility index (Phi) is 13.0. The van der Waals surface area contributed by atoms with Gasteiger partial charge in [0.05, 0.1) is 0 Å². The number of esters is 4. The van der Waals surface area contributed by atoms with Gasteiger partial charge in [-0.05, 0) is 35.4 Å². The molecule has 212 valence electrons. The third kappa shape index (κ3) is 12.9. The van der Waals surface area contributed by atoms with Gasteiger partial charge in [-0.2, -0.15) is 0 Å². The van der Waals surface area contributed by atoms with E-state index in [-0.39, 0.29) is 13.2 Å². The van der Waals surface area contributed by atoms with Crippen molar-refractivity contribution in [3.63, 3.8) is 0 Å². The van der Waals surface area contributed by atoms with Gasteiger partial charge in [-0.3, -0.25) is 0 Å². The zero-order chi connectivity index (χ0) is 29.8. The Bertz CT molecular complexity index is 1350. The molecule has 0 aliphatic carbocycles. The predicted octanol–water partition coefficient (Wildman–Crippen LogP) is 5.78. The van der Waals surface area contributed by atoms with Crippen LogP contribution < -0.4 is 9.47 Å². The SMILES string of the molecule is O=C(C=CC(=O)OCc1ccccc1)OCc1ccccc1.O=C(C=CC(=O)Oc1ccccc1)Oc1ccccc1. The molecule has 0 heterocycles. The van der Waals surface area contributed by atoms with Gasteiger partial charge in [0.2, 0.25) is 0 Å². The second-order valence-electron chi connectivity index (χ2n) is 8.32. The maximum Gasteiger partial charge on any atom is 0.336 e. The molecule has 42 heavy (non-hydrogen) atoms. The van der Waals surface area contributed by atoms with Gasteiger partial charge in [-0.1, -0.05) is 97.1 Å². The summed E-state index contributed by atoms with van der Waals surface area (Å²) < 4.78 is 20.0. The molecule has 4 aromatic rings. The summed E-state index contributed by atoms with van der Waals surface area (Å²) >= 11 is 0. The van der Waals surface area contributed by atoms with Crippen molar-refractivity contribution in [3.05, 3.63) is 157 Å². The van der Waals surface area contributed by atoms with E-state index in [1.165, 1.54) is 0 Å². The lowest BCUT2D eigenvalue weighted by Crippen LogP contribution is -2.08. The Morgan fingerprint density at radius 1 is 0.405 bits per heavy atom. The van der Waals surface area contributed by atoms with Crippen LogP contribution in [-0.4, -0.2) is 23.9 Å². The van der Waals surface area contributed by atoms with Crippen molar-refractivity contribution in [1.82, 2.24) is 0 Å². The third-order valence-electron chi connectivity index (χ3n) is 5.08. The van der Waals surface area contributed by atoms with Gasteiger partial charge >= 0.3 is 23.9 Å². The molecule has 0 saturated heterocycles. The monoisotopic (exact) mass is 564 g/mol. The first-order valence-electron chi connectivity index (χ1n) is 12.8. The van der Waals surface area contributed by atoms with E-state index < -0.39 is 23.9 Å². The molecule has 0 spiro atoms. The molecule has 0 saturated carbocycles. The van der Waals surface area contributed by atoms with Crippen molar-refractivity contribution < 1.29 is 38.1 Å². The van der Waals surface area contributed by atoms with Crippen LogP contribution in [0.4, 0.5) is 0 Å². The second-order valence-corrected chi connectivity index (χ2v) is 8.32. The topological polar surface area (TPSA) is 105 Å². The minimum atomic E-state index is -0.638. The summed E-state index contributed by atoms with van der Waals surface area (Å²) in [6, 6.07) is 35.8. The lowest BCUT2D eigenvalue weighted by atomic mass is 10.2. The summed E-state index contributed by atoms with van der Waals surface area (Å²) in [5.41, 5.74) is 1.77. The highest BCUT2D eigenvalue weighted by Gasteiger charge is 2.04. The van der Waals surface area contributed by atoms with E-state index in [9.17, 15) is 19.2 Å². The summed E-state index contributed by atoms with van der Waals surface area (Å²) in [6.45, 7) is 0.339. The van der Waals surface area contributed by atoms with Gasteiger partial charge < -0.3 is 18.9 Å². The Morgan fingerprint density at radius 3 is 1.02 bits per heavy atom. The average Bonchev–Trinajstić information content (AvgIpc) is 3.03. The number of ether oxygens (including phenoxy) is 4. The number of para-hydroxylation sites is 2. The molecule has 4 aromatic carbocycles. The number of carbonyl (C=O) groups is 4. The fourth-order valence-electron chi connectivity index (χ4n) is 3.10. The predicted molar refractivity (Wildman–Crippen MR) is 155 cm³/mol. The summed E-state index contributed by atoms with van der Waals surface area (Å²) in [5.74, 6) is -1.61. The lowest BCUT2D eigenvalue weighted by Gasteiger charge is -2.02. The van der Waals surface area contributed by atoms with Crippen LogP contribution in [0.25, 0.3) is 0 Å². The van der Waals surface area contributed by atoms with Gasteiger partial charge in [0.15, 0.2) is 0 Å². The number of carbonyl (C=O) groups excluding carboxylic acids is 4. The molecule has 0 aliphatic rings. The van der Waals surface area contributed by atoms with Crippen LogP contribution in [0.1, 0.15) is 11.1 Å². The molecule has 4 rings (SSSR count). The molecular weight excluding hydrogens is 536 g/mol. The van der Waals surface area contributed by atoms with Crippen LogP contribution in [0.5, 0.6) is 11.5 Å². The summed E-state index contributed by atoms with van der Waals surface area (Å²) in [4.78, 5) is 45.9. The van der Waals surface area contributed by atoms with Crippen molar-refractivity contribution in [2.45, 2.75) is 13.2 Å². The molecule has 8 nitrogen and oxygen atoms in total. The lowest BCUT2D eigenvalue weighted by molar-refractivity contribution is -0.141. The van der Waals surface area contributed by atoms with Gasteiger partial charge in [0.25, 0.3) is 0 Å². The molecule has 0 bridgehead atoms. The van der Waals surface area contributed by atoms with Crippen molar-refractivity contribution in [3.8, 4) is 11.5 Å². The third-order valence-corrected chi connectivity index (χ3v) is 5.08. The highest BCUT2D eigenvalue weighted by atomic mass is 16.5. The van der Waals surface area contributed by atoms with Gasteiger partial charge in [-0.15, -0.1) is 0 Å². The van der Waals surface area contributed by atoms with Crippen LogP contribution in [0.15, 0.2) is 146 Å². The van der Waals surface area contributed by atoms with E-state index in [1.807, 2.05) is 72.8 Å². The van der Waals surface area contributed by atoms with Gasteiger partial charge in [0, 0.05) is 24.3 Å². The van der Waals surface area contributed by atoms with E-state index >= 15 is 0 Å². The largest absolute Gasteiger partial charge is 0.458 e. The number of hydrogen-bond acceptors (Lipinski definition) is 8. The smallest absolute Gasteiger partial charge is 0.336 e. The van der Waals surface area contributed by atoms with Crippen molar-refractivity contribution in [2.24, 2.45) is 0 Å². The Hall–Kier alpha value is -5.76. The quantitative estimate of drug-likeness (QED) is 0.136. The molecule has 0 aromatic heterocycles. The van der Waals surface area contributed by atoms with E-state index in [2.05, 4.69) is 0 Å². The van der Waals surface area contributed by atoms with Crippen LogP contribution in [-0.2, 0) is 41.9 Å². The second kappa shape index (κ2) is 17.8. The van der Waals surface area contributed by atoms with E-state index in [0.717, 1.165) is 35.4 Å². The molecule has 0 aliphatic heterocycles. The maximum atomic E-state index is 11.5. The highest BCUT2D eigenvalue weighted by Crippen LogP contribution is 2.10. The molecule has 8 heteroatoms. The minimum Gasteiger partial charge on any atom is -0.458 e. The summed E-state index contributed by atoms with van der Waals surface area (Å²) in [5, 5.41) is 0. The average molecular weight is 565 g/mol. The van der Waals surface area contributed by atoms with Crippen LogP contribution in [0.2, 0.25) is 0 Å². The van der Waals surface area contributed by atoms with E-state index in [1.54, 1.807) is 48.5 Å². The van der Waals surface area contributed by atoms with Crippen molar-refractivity contribution >= 4 is 23.9 Å². The van der Waals surface area contributed by atoms with Gasteiger partial charge in [-0.25, -0.2) is 19.2 Å². The summed E-state index contributed by atoms with van der Waals surface area (Å²) in [7, 11) is 0. The maximum absolute atomic E-state index is 11.5. The van der Waals surface area contributed by atoms with Crippen LogP contribution in [0.3, 0.4) is 0 Å². The number of rotatable bonds is 10. The minimum absolute atomic E-state index is 0.170. The first-order valence-corrected chi connectivity index (χ1v) is 12.8. The molecule has 0 fully saturated rings. The van der Waals surface area contributed by atoms with Crippen LogP contribution in [0, 0.1) is 0 Å². The highest BCUT2D eigenvalue weighted by molar-refractivity contribution is 5.93. The summed E-state index contributed by atoms with van der Waals surface area (Å²) in [6.07, 6.45) is 4.18. The zero-order valence-electron chi connectivity index (χ0n) is 22.5. The fraction of sp³-hybridized carbons (Fsp3) is 0.0588. The number of hydrogen-bond donors (Lipinski definition) is 0. The normalized spacial score (nSPS) is 10.3. The molecular formula is C34H28O8. The fourth-order valence-corrected chi connectivity index (χ4v) is 3.10. The standard InChI is InChI=1S/C18H16O4.C16H12O4/c19-17(21-13-15-7-3-1-4-8-15)11-12-18(20)22-14-16-9-5-2-6-10-16;17-15(19-13-7-3-1-4-8-13)11-12-16(18)20-14-9-5-2-6-10-14/h1-12H,13-14H2;1-12H. The first kappa shape index (κ1) is 30.8. The van der Waals surface area contributed by atoms with Gasteiger partial charge in [0.1, 0.15) is 24.7 Å². The zero-order valence-corrected chi connectivity index (χ0v) is 22.5. The van der Waals surface area contributed by atoms with Crippen LogP contribution >= 0.6 is 0 Å². The number of benzene rings is 4. The van der Waals surface area contributed by atoms with Crippen molar-refractivity contribution in [2.75, 3.05) is 0 Å².